The molecule has 1 aromatic rings. The van der Waals surface area contributed by atoms with Gasteiger partial charge in [0.25, 0.3) is 0 Å². The normalized spacial score (nSPS) is 26.1. The van der Waals surface area contributed by atoms with Gasteiger partial charge >= 0.3 is 0 Å². The molecule has 1 heteroatoms. The summed E-state index contributed by atoms with van der Waals surface area (Å²) in [5.74, 6) is 0.830. The monoisotopic (exact) mass is 269 g/mol. The molecule has 2 atom stereocenters. The predicted octanol–water partition coefficient (Wildman–Crippen LogP) is 4.79. The molecule has 2 unspecified atom stereocenters. The zero-order valence-electron chi connectivity index (χ0n) is 12.9. The lowest BCUT2D eigenvalue weighted by atomic mass is 9.94. The quantitative estimate of drug-likeness (QED) is 0.695. The SMILES string of the molecule is CC(C)CCC1=CC2CCC(C1)N2Cc1ccccc1. The van der Waals surface area contributed by atoms with Gasteiger partial charge in [0.1, 0.15) is 0 Å². The van der Waals surface area contributed by atoms with Gasteiger partial charge in [-0.2, -0.15) is 0 Å². The highest BCUT2D eigenvalue weighted by molar-refractivity contribution is 5.21. The third-order valence-corrected chi connectivity index (χ3v) is 4.87. The zero-order chi connectivity index (χ0) is 13.9. The molecule has 1 nitrogen and oxygen atoms in total. The summed E-state index contributed by atoms with van der Waals surface area (Å²) in [6.07, 6.45) is 9.33. The van der Waals surface area contributed by atoms with Crippen LogP contribution in [0.15, 0.2) is 42.0 Å². The van der Waals surface area contributed by atoms with Gasteiger partial charge < -0.3 is 0 Å². The lowest BCUT2D eigenvalue weighted by Gasteiger charge is -2.34. The van der Waals surface area contributed by atoms with E-state index in [9.17, 15) is 0 Å². The van der Waals surface area contributed by atoms with E-state index >= 15 is 0 Å². The first-order chi connectivity index (χ1) is 9.72. The van der Waals surface area contributed by atoms with Gasteiger partial charge in [0.05, 0.1) is 0 Å². The summed E-state index contributed by atoms with van der Waals surface area (Å²) in [7, 11) is 0. The van der Waals surface area contributed by atoms with Gasteiger partial charge in [-0.1, -0.05) is 55.8 Å². The van der Waals surface area contributed by atoms with Gasteiger partial charge in [0.2, 0.25) is 0 Å². The van der Waals surface area contributed by atoms with Crippen LogP contribution in [0.3, 0.4) is 0 Å². The number of rotatable bonds is 5. The molecule has 3 rings (SSSR count). The molecule has 1 saturated heterocycles. The Hall–Kier alpha value is -1.08. The first-order valence-electron chi connectivity index (χ1n) is 8.21. The van der Waals surface area contributed by atoms with Crippen LogP contribution in [-0.4, -0.2) is 17.0 Å². The minimum absolute atomic E-state index is 0.705. The van der Waals surface area contributed by atoms with Gasteiger partial charge in [-0.25, -0.2) is 0 Å². The highest BCUT2D eigenvalue weighted by Gasteiger charge is 2.35. The molecular formula is C19H27N. The average molecular weight is 269 g/mol. The standard InChI is InChI=1S/C19H27N/c1-15(2)8-9-17-12-18-10-11-19(13-17)20(18)14-16-6-4-3-5-7-16/h3-7,12,15,18-19H,8-11,13-14H2,1-2H3. The fraction of sp³-hybridized carbons (Fsp3) is 0.579. The van der Waals surface area contributed by atoms with Crippen molar-refractivity contribution in [2.75, 3.05) is 0 Å². The molecule has 0 N–H and O–H groups in total. The summed E-state index contributed by atoms with van der Waals surface area (Å²) in [5.41, 5.74) is 3.19. The Balaban J connectivity index is 1.65. The van der Waals surface area contributed by atoms with Crippen LogP contribution in [0, 0.1) is 5.92 Å². The van der Waals surface area contributed by atoms with Crippen molar-refractivity contribution in [3.8, 4) is 0 Å². The smallest absolute Gasteiger partial charge is 0.0288 e. The fourth-order valence-electron chi connectivity index (χ4n) is 3.71. The Bertz CT molecular complexity index is 460. The van der Waals surface area contributed by atoms with E-state index in [-0.39, 0.29) is 0 Å². The van der Waals surface area contributed by atoms with E-state index in [4.69, 9.17) is 0 Å². The zero-order valence-corrected chi connectivity index (χ0v) is 12.9. The van der Waals surface area contributed by atoms with Crippen molar-refractivity contribution < 1.29 is 0 Å². The number of fused-ring (bicyclic) bond motifs is 2. The Morgan fingerprint density at radius 1 is 1.15 bits per heavy atom. The molecule has 0 spiro atoms. The third kappa shape index (κ3) is 3.15. The summed E-state index contributed by atoms with van der Waals surface area (Å²) in [6, 6.07) is 12.5. The molecular weight excluding hydrogens is 242 g/mol. The Kier molecular flexibility index (Phi) is 4.26. The van der Waals surface area contributed by atoms with E-state index in [1.54, 1.807) is 5.57 Å². The van der Waals surface area contributed by atoms with Crippen LogP contribution in [0.25, 0.3) is 0 Å². The number of hydrogen-bond donors (Lipinski definition) is 0. The van der Waals surface area contributed by atoms with Crippen molar-refractivity contribution in [3.63, 3.8) is 0 Å². The lowest BCUT2D eigenvalue weighted by Crippen LogP contribution is -2.38. The molecule has 0 saturated carbocycles. The number of nitrogens with zero attached hydrogens (tertiary/aromatic N) is 1. The van der Waals surface area contributed by atoms with Crippen LogP contribution in [0.2, 0.25) is 0 Å². The average Bonchev–Trinajstić information content (AvgIpc) is 2.69. The van der Waals surface area contributed by atoms with Gasteiger partial charge in [0, 0.05) is 18.6 Å². The highest BCUT2D eigenvalue weighted by Crippen LogP contribution is 2.37. The second-order valence-electron chi connectivity index (χ2n) is 6.92. The molecule has 0 radical (unpaired) electrons. The van der Waals surface area contributed by atoms with Crippen molar-refractivity contribution >= 4 is 0 Å². The van der Waals surface area contributed by atoms with Gasteiger partial charge in [-0.3, -0.25) is 4.90 Å². The minimum Gasteiger partial charge on any atom is -0.289 e. The van der Waals surface area contributed by atoms with Crippen LogP contribution in [-0.2, 0) is 6.54 Å². The second-order valence-corrected chi connectivity index (χ2v) is 6.92. The largest absolute Gasteiger partial charge is 0.289 e. The summed E-state index contributed by atoms with van der Waals surface area (Å²) in [4.78, 5) is 2.73. The molecule has 0 aliphatic carbocycles. The van der Waals surface area contributed by atoms with Crippen molar-refractivity contribution in [2.45, 2.75) is 64.6 Å². The van der Waals surface area contributed by atoms with Crippen molar-refractivity contribution in [1.82, 2.24) is 4.90 Å². The molecule has 108 valence electrons. The van der Waals surface area contributed by atoms with E-state index in [0.717, 1.165) is 18.5 Å². The molecule has 1 fully saturated rings. The van der Waals surface area contributed by atoms with E-state index in [1.165, 1.54) is 37.7 Å². The second kappa shape index (κ2) is 6.13. The molecule has 2 heterocycles. The Labute approximate surface area is 123 Å². The van der Waals surface area contributed by atoms with Crippen LogP contribution in [0.4, 0.5) is 0 Å². The predicted molar refractivity (Wildman–Crippen MR) is 85.6 cm³/mol. The summed E-state index contributed by atoms with van der Waals surface area (Å²) < 4.78 is 0. The van der Waals surface area contributed by atoms with Crippen molar-refractivity contribution in [3.05, 3.63) is 47.5 Å². The van der Waals surface area contributed by atoms with Crippen LogP contribution in [0.1, 0.15) is 51.5 Å². The lowest BCUT2D eigenvalue weighted by molar-refractivity contribution is 0.193. The Morgan fingerprint density at radius 3 is 2.65 bits per heavy atom. The summed E-state index contributed by atoms with van der Waals surface area (Å²) >= 11 is 0. The molecule has 0 aromatic heterocycles. The fourth-order valence-corrected chi connectivity index (χ4v) is 3.71. The Morgan fingerprint density at radius 2 is 1.95 bits per heavy atom. The first kappa shape index (κ1) is 13.9. The van der Waals surface area contributed by atoms with E-state index < -0.39 is 0 Å². The number of benzene rings is 1. The summed E-state index contributed by atoms with van der Waals surface area (Å²) in [5, 5.41) is 0. The molecule has 2 aliphatic rings. The van der Waals surface area contributed by atoms with Crippen molar-refractivity contribution in [2.24, 2.45) is 5.92 Å². The third-order valence-electron chi connectivity index (χ3n) is 4.87. The van der Waals surface area contributed by atoms with E-state index in [0.29, 0.717) is 6.04 Å². The van der Waals surface area contributed by atoms with Gasteiger partial charge in [-0.15, -0.1) is 0 Å². The molecule has 1 aromatic carbocycles. The summed E-state index contributed by atoms with van der Waals surface area (Å²) in [6.45, 7) is 5.80. The maximum atomic E-state index is 2.73. The van der Waals surface area contributed by atoms with E-state index in [2.05, 4.69) is 55.2 Å². The van der Waals surface area contributed by atoms with E-state index in [1.807, 2.05) is 0 Å². The van der Waals surface area contributed by atoms with Crippen LogP contribution >= 0.6 is 0 Å². The minimum atomic E-state index is 0.705. The maximum Gasteiger partial charge on any atom is 0.0288 e. The van der Waals surface area contributed by atoms with Crippen LogP contribution in [0.5, 0.6) is 0 Å². The van der Waals surface area contributed by atoms with Crippen LogP contribution < -0.4 is 0 Å². The maximum absolute atomic E-state index is 2.73. The van der Waals surface area contributed by atoms with Gasteiger partial charge in [0.15, 0.2) is 0 Å². The molecule has 2 bridgehead atoms. The first-order valence-corrected chi connectivity index (χ1v) is 8.21. The van der Waals surface area contributed by atoms with Crippen molar-refractivity contribution in [1.29, 1.82) is 0 Å². The molecule has 2 aliphatic heterocycles. The number of hydrogen-bond acceptors (Lipinski definition) is 1. The van der Waals surface area contributed by atoms with Gasteiger partial charge in [-0.05, 0) is 43.6 Å². The molecule has 0 amide bonds. The highest BCUT2D eigenvalue weighted by atomic mass is 15.2. The molecule has 20 heavy (non-hydrogen) atoms. The topological polar surface area (TPSA) is 3.24 Å².